The molecule has 2 rings (SSSR count). The molecule has 5 heteroatoms. The Hall–Kier alpha value is -2.87. The molecule has 0 aliphatic heterocycles. The molecule has 0 atom stereocenters. The summed E-state index contributed by atoms with van der Waals surface area (Å²) in [7, 11) is 0. The highest BCUT2D eigenvalue weighted by Crippen LogP contribution is 2.23. The van der Waals surface area contributed by atoms with Gasteiger partial charge in [0, 0.05) is 11.4 Å². The fourth-order valence-corrected chi connectivity index (χ4v) is 2.13. The van der Waals surface area contributed by atoms with Crippen molar-refractivity contribution in [2.75, 3.05) is 5.32 Å². The number of hydrogen-bond acceptors (Lipinski definition) is 4. The lowest BCUT2D eigenvalue weighted by molar-refractivity contribution is -0.117. The van der Waals surface area contributed by atoms with Crippen LogP contribution in [0.5, 0.6) is 0 Å². The Morgan fingerprint density at radius 1 is 1.33 bits per heavy atom. The van der Waals surface area contributed by atoms with Gasteiger partial charge in [0.15, 0.2) is 0 Å². The molecule has 0 aliphatic carbocycles. The van der Waals surface area contributed by atoms with E-state index in [4.69, 9.17) is 5.73 Å². The van der Waals surface area contributed by atoms with E-state index < -0.39 is 0 Å². The molecule has 0 unspecified atom stereocenters. The predicted octanol–water partition coefficient (Wildman–Crippen LogP) is 2.34. The Bertz CT molecular complexity index is 714. The smallest absolute Gasteiger partial charge is 0.221 e. The summed E-state index contributed by atoms with van der Waals surface area (Å²) in [5, 5.41) is 12.4. The average Bonchev–Trinajstić information content (AvgIpc) is 2.40. The van der Waals surface area contributed by atoms with Gasteiger partial charge in [-0.15, -0.1) is 0 Å². The molecule has 2 aromatic rings. The molecule has 3 N–H and O–H groups in total. The van der Waals surface area contributed by atoms with Gasteiger partial charge in [0.2, 0.25) is 5.91 Å². The normalized spacial score (nSPS) is 9.95. The average molecular weight is 280 g/mol. The van der Waals surface area contributed by atoms with Gasteiger partial charge in [0.05, 0.1) is 23.4 Å². The van der Waals surface area contributed by atoms with Gasteiger partial charge in [0.25, 0.3) is 0 Å². The number of benzene rings is 1. The molecular weight excluding hydrogens is 264 g/mol. The summed E-state index contributed by atoms with van der Waals surface area (Å²) < 4.78 is 0. The zero-order valence-electron chi connectivity index (χ0n) is 12.0. The van der Waals surface area contributed by atoms with Crippen LogP contribution < -0.4 is 11.1 Å². The molecule has 106 valence electrons. The third-order valence-electron chi connectivity index (χ3n) is 3.05. The van der Waals surface area contributed by atoms with E-state index in [0.717, 1.165) is 22.6 Å². The number of anilines is 2. The first-order chi connectivity index (χ1) is 9.99. The van der Waals surface area contributed by atoms with Gasteiger partial charge in [-0.25, -0.2) is 0 Å². The van der Waals surface area contributed by atoms with E-state index >= 15 is 0 Å². The summed E-state index contributed by atoms with van der Waals surface area (Å²) >= 11 is 0. The van der Waals surface area contributed by atoms with Crippen LogP contribution in [0.2, 0.25) is 0 Å². The van der Waals surface area contributed by atoms with E-state index in [1.165, 1.54) is 0 Å². The lowest BCUT2D eigenvalue weighted by atomic mass is 10.1. The van der Waals surface area contributed by atoms with Crippen LogP contribution in [0, 0.1) is 25.2 Å². The van der Waals surface area contributed by atoms with Gasteiger partial charge < -0.3 is 11.1 Å². The lowest BCUT2D eigenvalue weighted by Gasteiger charge is -2.11. The van der Waals surface area contributed by atoms with Crippen molar-refractivity contribution < 1.29 is 4.79 Å². The maximum atomic E-state index is 10.9. The summed E-state index contributed by atoms with van der Waals surface area (Å²) in [5.41, 5.74) is 9.66. The highest BCUT2D eigenvalue weighted by molar-refractivity contribution is 5.77. The highest BCUT2D eigenvalue weighted by Gasteiger charge is 2.08. The molecule has 0 saturated heterocycles. The van der Waals surface area contributed by atoms with Crippen LogP contribution in [0.3, 0.4) is 0 Å². The number of primary amides is 1. The van der Waals surface area contributed by atoms with Crippen LogP contribution in [0.15, 0.2) is 30.3 Å². The summed E-state index contributed by atoms with van der Waals surface area (Å²) in [6.07, 6.45) is 0.219. The van der Waals surface area contributed by atoms with Crippen LogP contribution in [0.25, 0.3) is 0 Å². The Balaban J connectivity index is 2.26. The summed E-state index contributed by atoms with van der Waals surface area (Å²) in [6, 6.07) is 11.4. The topological polar surface area (TPSA) is 91.8 Å². The number of nitrogens with one attached hydrogen (secondary N) is 1. The maximum absolute atomic E-state index is 10.9. The number of hydrogen-bond donors (Lipinski definition) is 2. The number of nitrogens with zero attached hydrogens (tertiary/aromatic N) is 2. The first-order valence-corrected chi connectivity index (χ1v) is 6.52. The van der Waals surface area contributed by atoms with E-state index in [0.29, 0.717) is 11.3 Å². The molecule has 5 nitrogen and oxygen atoms in total. The second kappa shape index (κ2) is 6.06. The van der Waals surface area contributed by atoms with Crippen molar-refractivity contribution in [2.45, 2.75) is 20.3 Å². The third kappa shape index (κ3) is 3.57. The van der Waals surface area contributed by atoms with Crippen LogP contribution >= 0.6 is 0 Å². The molecule has 1 heterocycles. The lowest BCUT2D eigenvalue weighted by Crippen LogP contribution is -2.13. The zero-order chi connectivity index (χ0) is 15.4. The predicted molar refractivity (Wildman–Crippen MR) is 81.0 cm³/mol. The summed E-state index contributed by atoms with van der Waals surface area (Å²) in [6.45, 7) is 3.70. The largest absolute Gasteiger partial charge is 0.369 e. The van der Waals surface area contributed by atoms with E-state index in [1.807, 2.05) is 44.2 Å². The van der Waals surface area contributed by atoms with Crippen molar-refractivity contribution in [1.29, 1.82) is 5.26 Å². The molecule has 0 aliphatic rings. The van der Waals surface area contributed by atoms with Crippen molar-refractivity contribution >= 4 is 17.3 Å². The number of nitriles is 1. The molecular formula is C16H16N4O. The standard InChI is InChI=1S/C16H16N4O/c1-10-7-15(14(9-17)11(2)19-10)20-13-5-3-12(4-6-13)8-16(18)21/h3-7H,8H2,1-2H3,(H2,18,21)(H,19,20). The van der Waals surface area contributed by atoms with Crippen molar-refractivity contribution in [2.24, 2.45) is 5.73 Å². The Morgan fingerprint density at radius 2 is 2.00 bits per heavy atom. The number of aromatic nitrogens is 1. The zero-order valence-corrected chi connectivity index (χ0v) is 12.0. The monoisotopic (exact) mass is 280 g/mol. The summed E-state index contributed by atoms with van der Waals surface area (Å²) in [4.78, 5) is 15.1. The minimum atomic E-state index is -0.358. The molecule has 0 radical (unpaired) electrons. The maximum Gasteiger partial charge on any atom is 0.221 e. The van der Waals surface area contributed by atoms with E-state index in [1.54, 1.807) is 0 Å². The van der Waals surface area contributed by atoms with Gasteiger partial charge in [-0.1, -0.05) is 12.1 Å². The van der Waals surface area contributed by atoms with Gasteiger partial charge in [-0.3, -0.25) is 9.78 Å². The molecule has 0 saturated carbocycles. The van der Waals surface area contributed by atoms with Crippen LogP contribution in [0.1, 0.15) is 22.5 Å². The number of amides is 1. The second-order valence-corrected chi connectivity index (χ2v) is 4.85. The Kier molecular flexibility index (Phi) is 4.19. The van der Waals surface area contributed by atoms with Gasteiger partial charge in [-0.2, -0.15) is 5.26 Å². The number of carbonyl (C=O) groups excluding carboxylic acids is 1. The van der Waals surface area contributed by atoms with E-state index in [-0.39, 0.29) is 12.3 Å². The van der Waals surface area contributed by atoms with Crippen LogP contribution in [-0.4, -0.2) is 10.9 Å². The first kappa shape index (κ1) is 14.5. The molecule has 0 bridgehead atoms. The van der Waals surface area contributed by atoms with E-state index in [9.17, 15) is 10.1 Å². The fraction of sp³-hybridized carbons (Fsp3) is 0.188. The highest BCUT2D eigenvalue weighted by atomic mass is 16.1. The molecule has 1 aromatic heterocycles. The molecule has 0 spiro atoms. The van der Waals surface area contributed by atoms with Crippen LogP contribution in [0.4, 0.5) is 11.4 Å². The molecule has 1 amide bonds. The SMILES string of the molecule is Cc1cc(Nc2ccc(CC(N)=O)cc2)c(C#N)c(C)n1. The van der Waals surface area contributed by atoms with Gasteiger partial charge >= 0.3 is 0 Å². The molecule has 0 fully saturated rings. The van der Waals surface area contributed by atoms with Gasteiger partial charge in [-0.05, 0) is 37.6 Å². The third-order valence-corrected chi connectivity index (χ3v) is 3.05. The number of rotatable bonds is 4. The second-order valence-electron chi connectivity index (χ2n) is 4.85. The number of nitrogens with two attached hydrogens (primary N) is 1. The van der Waals surface area contributed by atoms with Crippen molar-refractivity contribution in [3.8, 4) is 6.07 Å². The number of pyridine rings is 1. The quantitative estimate of drug-likeness (QED) is 0.899. The van der Waals surface area contributed by atoms with E-state index in [2.05, 4.69) is 16.4 Å². The Morgan fingerprint density at radius 3 is 2.57 bits per heavy atom. The van der Waals surface area contributed by atoms with Crippen molar-refractivity contribution in [3.63, 3.8) is 0 Å². The summed E-state index contributed by atoms with van der Waals surface area (Å²) in [5.74, 6) is -0.358. The molecule has 21 heavy (non-hydrogen) atoms. The van der Waals surface area contributed by atoms with Crippen molar-refractivity contribution in [1.82, 2.24) is 4.98 Å². The number of carbonyl (C=O) groups is 1. The number of aryl methyl sites for hydroxylation is 2. The van der Waals surface area contributed by atoms with Crippen LogP contribution in [-0.2, 0) is 11.2 Å². The minimum Gasteiger partial charge on any atom is -0.369 e. The minimum absolute atomic E-state index is 0.219. The van der Waals surface area contributed by atoms with Gasteiger partial charge in [0.1, 0.15) is 6.07 Å². The molecule has 1 aromatic carbocycles. The Labute approximate surface area is 123 Å². The first-order valence-electron chi connectivity index (χ1n) is 6.52. The fourth-order valence-electron chi connectivity index (χ4n) is 2.13. The van der Waals surface area contributed by atoms with Crippen molar-refractivity contribution in [3.05, 3.63) is 52.8 Å².